The average molecular weight is 671 g/mol. The fraction of sp³-hybridized carbons (Fsp3) is 0.700. The van der Waals surface area contributed by atoms with Crippen LogP contribution >= 0.6 is 15.9 Å². The van der Waals surface area contributed by atoms with Crippen LogP contribution in [0, 0.1) is 0 Å². The summed E-state index contributed by atoms with van der Waals surface area (Å²) < 4.78 is 39.9. The quantitative estimate of drug-likeness (QED) is 0.243. The van der Waals surface area contributed by atoms with E-state index in [1.54, 1.807) is 4.90 Å². The third-order valence-electron chi connectivity index (χ3n) is 9.10. The molecule has 0 aliphatic carbocycles. The first-order valence-electron chi connectivity index (χ1n) is 14.9. The molecule has 41 heavy (non-hydrogen) atoms. The summed E-state index contributed by atoms with van der Waals surface area (Å²) in [5.74, 6) is 0.694. The summed E-state index contributed by atoms with van der Waals surface area (Å²) in [5.41, 5.74) is 1.54. The maximum absolute atomic E-state index is 13.7. The van der Waals surface area contributed by atoms with Crippen molar-refractivity contribution in [3.05, 3.63) is 28.4 Å². The lowest BCUT2D eigenvalue weighted by Gasteiger charge is -2.36. The molecule has 2 aliphatic heterocycles. The van der Waals surface area contributed by atoms with E-state index in [4.69, 9.17) is 9.16 Å². The van der Waals surface area contributed by atoms with E-state index in [1.807, 2.05) is 12.1 Å². The molecule has 4 rings (SSSR count). The van der Waals surface area contributed by atoms with Crippen molar-refractivity contribution in [2.75, 3.05) is 44.3 Å². The highest BCUT2D eigenvalue weighted by molar-refractivity contribution is 9.10. The van der Waals surface area contributed by atoms with Crippen molar-refractivity contribution in [2.24, 2.45) is 0 Å². The maximum Gasteiger partial charge on any atom is 0.270 e. The summed E-state index contributed by atoms with van der Waals surface area (Å²) >= 11 is 3.75. The molecule has 0 bridgehead atoms. The molecule has 0 saturated carbocycles. The predicted molar refractivity (Wildman–Crippen MR) is 172 cm³/mol. The van der Waals surface area contributed by atoms with Gasteiger partial charge in [-0.05, 0) is 85.4 Å². The number of hydrogen-bond acceptors (Lipinski definition) is 6. The molecule has 11 heteroatoms. The summed E-state index contributed by atoms with van der Waals surface area (Å²) in [6, 6.07) is 6.58. The number of carbonyl (C=O) groups is 1. The summed E-state index contributed by atoms with van der Waals surface area (Å²) in [5, 5.41) is 1.08. The van der Waals surface area contributed by atoms with Gasteiger partial charge in [0.1, 0.15) is 17.5 Å². The minimum atomic E-state index is -3.08. The molecule has 2 aromatic rings. The van der Waals surface area contributed by atoms with E-state index in [2.05, 4.69) is 79.2 Å². The van der Waals surface area contributed by atoms with Gasteiger partial charge in [0.25, 0.3) is 5.91 Å². The summed E-state index contributed by atoms with van der Waals surface area (Å²) in [6.07, 6.45) is 2.90. The molecule has 0 unspecified atom stereocenters. The van der Waals surface area contributed by atoms with Crippen molar-refractivity contribution >= 4 is 50.9 Å². The number of amides is 1. The number of nitrogens with zero attached hydrogens (tertiary/aromatic N) is 3. The van der Waals surface area contributed by atoms with E-state index >= 15 is 0 Å². The standard InChI is InChI=1S/C30H48BrN3O5SSi/c1-22(2)32-12-9-24(10-13-32)39-28-20-23-19-27(29(35)33-14-17-40(36,37)18-15-33)34(26(23)21-25(28)31)11-8-16-38-41(6,7)30(3,4)5/h19-22,24H,8-18H2,1-7H3. The Bertz CT molecular complexity index is 1330. The number of ether oxygens (including phenoxy) is 1. The Balaban J connectivity index is 1.57. The van der Waals surface area contributed by atoms with Crippen LogP contribution in [0.25, 0.3) is 10.9 Å². The van der Waals surface area contributed by atoms with Crippen LogP contribution in [-0.4, -0.2) is 93.4 Å². The molecule has 3 heterocycles. The number of hydrogen-bond donors (Lipinski definition) is 0. The monoisotopic (exact) mass is 669 g/mol. The molecule has 230 valence electrons. The highest BCUT2D eigenvalue weighted by Crippen LogP contribution is 2.37. The zero-order valence-corrected chi connectivity index (χ0v) is 29.2. The van der Waals surface area contributed by atoms with Gasteiger partial charge in [-0.25, -0.2) is 8.42 Å². The minimum absolute atomic E-state index is 0.0124. The highest BCUT2D eigenvalue weighted by Gasteiger charge is 2.37. The Morgan fingerprint density at radius 2 is 1.71 bits per heavy atom. The van der Waals surface area contributed by atoms with E-state index < -0.39 is 18.2 Å². The van der Waals surface area contributed by atoms with Crippen molar-refractivity contribution in [2.45, 2.75) is 90.7 Å². The number of rotatable bonds is 9. The molecule has 1 amide bonds. The number of carbonyl (C=O) groups excluding carboxylic acids is 1. The second-order valence-corrected chi connectivity index (χ2v) is 21.3. The molecule has 0 radical (unpaired) electrons. The lowest BCUT2D eigenvalue weighted by molar-refractivity contribution is 0.0759. The van der Waals surface area contributed by atoms with Crippen LogP contribution in [0.15, 0.2) is 22.7 Å². The number of likely N-dealkylation sites (tertiary alicyclic amines) is 1. The molecule has 0 spiro atoms. The molecule has 2 fully saturated rings. The van der Waals surface area contributed by atoms with Crippen molar-refractivity contribution in [1.82, 2.24) is 14.4 Å². The molecule has 2 saturated heterocycles. The van der Waals surface area contributed by atoms with Crippen LogP contribution in [0.2, 0.25) is 18.1 Å². The first-order chi connectivity index (χ1) is 19.1. The second-order valence-electron chi connectivity index (χ2n) is 13.4. The van der Waals surface area contributed by atoms with Gasteiger partial charge >= 0.3 is 0 Å². The molecule has 8 nitrogen and oxygen atoms in total. The fourth-order valence-corrected chi connectivity index (χ4v) is 8.02. The summed E-state index contributed by atoms with van der Waals surface area (Å²) in [7, 11) is -4.96. The Hall–Kier alpha value is -1.40. The normalized spacial score (nSPS) is 19.3. The third kappa shape index (κ3) is 7.76. The molecule has 2 aliphatic rings. The lowest BCUT2D eigenvalue weighted by Crippen LogP contribution is -2.44. The SMILES string of the molecule is CC(C)N1CCC(Oc2cc3cc(C(=O)N4CCS(=O)(=O)CC4)n(CCCO[Si](C)(C)C(C)(C)C)c3cc2Br)CC1. The van der Waals surface area contributed by atoms with Crippen LogP contribution in [0.5, 0.6) is 5.75 Å². The smallest absolute Gasteiger partial charge is 0.270 e. The largest absolute Gasteiger partial charge is 0.489 e. The van der Waals surface area contributed by atoms with Gasteiger partial charge in [0.2, 0.25) is 0 Å². The zero-order chi connectivity index (χ0) is 30.2. The van der Waals surface area contributed by atoms with E-state index in [0.717, 1.165) is 53.5 Å². The Kier molecular flexibility index (Phi) is 10.1. The van der Waals surface area contributed by atoms with Gasteiger partial charge in [-0.3, -0.25) is 4.79 Å². The zero-order valence-electron chi connectivity index (χ0n) is 25.8. The number of fused-ring (bicyclic) bond motifs is 1. The maximum atomic E-state index is 13.7. The van der Waals surface area contributed by atoms with Crippen LogP contribution in [0.3, 0.4) is 0 Å². The molecular weight excluding hydrogens is 622 g/mol. The fourth-order valence-electron chi connectivity index (χ4n) is 5.30. The molecular formula is C30H48BrN3O5SSi. The van der Waals surface area contributed by atoms with Crippen molar-refractivity contribution in [1.29, 1.82) is 0 Å². The van der Waals surface area contributed by atoms with E-state index in [1.165, 1.54) is 0 Å². The number of aromatic nitrogens is 1. The Morgan fingerprint density at radius 1 is 1.07 bits per heavy atom. The minimum Gasteiger partial charge on any atom is -0.489 e. The van der Waals surface area contributed by atoms with Crippen molar-refractivity contribution in [3.63, 3.8) is 0 Å². The van der Waals surface area contributed by atoms with Crippen LogP contribution in [-0.2, 0) is 20.8 Å². The average Bonchev–Trinajstić information content (AvgIpc) is 3.23. The van der Waals surface area contributed by atoms with Gasteiger partial charge in [-0.15, -0.1) is 0 Å². The molecule has 1 aromatic carbocycles. The Labute approximate surface area is 255 Å². The van der Waals surface area contributed by atoms with Crippen LogP contribution in [0.4, 0.5) is 0 Å². The predicted octanol–water partition coefficient (Wildman–Crippen LogP) is 5.94. The first kappa shape index (κ1) is 32.5. The third-order valence-corrected chi connectivity index (χ3v) is 15.9. The summed E-state index contributed by atoms with van der Waals surface area (Å²) in [4.78, 5) is 17.9. The number of halogens is 1. The van der Waals surface area contributed by atoms with Gasteiger partial charge in [0.05, 0.1) is 21.5 Å². The second kappa shape index (κ2) is 12.7. The van der Waals surface area contributed by atoms with Gasteiger partial charge < -0.3 is 23.5 Å². The topological polar surface area (TPSA) is 81.1 Å². The van der Waals surface area contributed by atoms with Gasteiger partial charge in [0, 0.05) is 50.8 Å². The highest BCUT2D eigenvalue weighted by atomic mass is 79.9. The van der Waals surface area contributed by atoms with Gasteiger partial charge in [-0.1, -0.05) is 20.8 Å². The van der Waals surface area contributed by atoms with Crippen molar-refractivity contribution < 1.29 is 22.4 Å². The molecule has 0 N–H and O–H groups in total. The van der Waals surface area contributed by atoms with E-state index in [-0.39, 0.29) is 41.6 Å². The number of aryl methyl sites for hydroxylation is 1. The van der Waals surface area contributed by atoms with Gasteiger partial charge in [0.15, 0.2) is 18.2 Å². The van der Waals surface area contributed by atoms with Gasteiger partial charge in [-0.2, -0.15) is 0 Å². The van der Waals surface area contributed by atoms with Crippen LogP contribution in [0.1, 0.15) is 64.4 Å². The summed E-state index contributed by atoms with van der Waals surface area (Å²) in [6.45, 7) is 19.4. The van der Waals surface area contributed by atoms with E-state index in [0.29, 0.717) is 24.9 Å². The Morgan fingerprint density at radius 3 is 2.29 bits per heavy atom. The number of piperidine rings is 1. The van der Waals surface area contributed by atoms with Crippen molar-refractivity contribution in [3.8, 4) is 5.75 Å². The molecule has 1 aromatic heterocycles. The van der Waals surface area contributed by atoms with E-state index in [9.17, 15) is 13.2 Å². The van der Waals surface area contributed by atoms with Crippen LogP contribution < -0.4 is 4.74 Å². The number of benzene rings is 1. The number of sulfone groups is 1. The molecule has 0 atom stereocenters. The lowest BCUT2D eigenvalue weighted by atomic mass is 10.1. The first-order valence-corrected chi connectivity index (χ1v) is 20.5.